The second kappa shape index (κ2) is 6.01. The minimum Gasteiger partial charge on any atom is -0.497 e. The molecule has 98 valence electrons. The number of piperidine rings is 1. The Morgan fingerprint density at radius 2 is 2.28 bits per heavy atom. The zero-order chi connectivity index (χ0) is 13.0. The first-order chi connectivity index (χ1) is 8.70. The van der Waals surface area contributed by atoms with Crippen LogP contribution >= 0.6 is 0 Å². The molecule has 0 bridgehead atoms. The number of hydrogen-bond acceptors (Lipinski definition) is 3. The molecule has 0 aromatic heterocycles. The normalized spacial score (nSPS) is 20.7. The lowest BCUT2D eigenvalue weighted by molar-refractivity contribution is -0.123. The number of likely N-dealkylation sites (tertiary alicyclic amines) is 1. The molecule has 1 aromatic rings. The van der Waals surface area contributed by atoms with Crippen molar-refractivity contribution in [3.05, 3.63) is 29.8 Å². The van der Waals surface area contributed by atoms with E-state index in [0.29, 0.717) is 0 Å². The summed E-state index contributed by atoms with van der Waals surface area (Å²) in [4.78, 5) is 13.9. The lowest BCUT2D eigenvalue weighted by Crippen LogP contribution is -2.43. The lowest BCUT2D eigenvalue weighted by Gasteiger charge is -2.34. The van der Waals surface area contributed by atoms with E-state index in [1.807, 2.05) is 18.2 Å². The van der Waals surface area contributed by atoms with Crippen LogP contribution in [-0.2, 0) is 11.3 Å². The zero-order valence-corrected chi connectivity index (χ0v) is 11.2. The van der Waals surface area contributed by atoms with Gasteiger partial charge in [0.1, 0.15) is 11.5 Å². The Kier molecular flexibility index (Phi) is 4.37. The topological polar surface area (TPSA) is 29.5 Å². The van der Waals surface area contributed by atoms with Crippen molar-refractivity contribution in [2.75, 3.05) is 13.7 Å². The number of benzene rings is 1. The second-order valence-corrected chi connectivity index (χ2v) is 4.94. The van der Waals surface area contributed by atoms with Crippen LogP contribution < -0.4 is 4.74 Å². The first-order valence-corrected chi connectivity index (χ1v) is 6.58. The molecule has 0 radical (unpaired) electrons. The van der Waals surface area contributed by atoms with Crippen LogP contribution in [0.2, 0.25) is 0 Å². The second-order valence-electron chi connectivity index (χ2n) is 4.94. The van der Waals surface area contributed by atoms with Gasteiger partial charge in [0.2, 0.25) is 0 Å². The Morgan fingerprint density at radius 3 is 3.00 bits per heavy atom. The predicted molar refractivity (Wildman–Crippen MR) is 71.7 cm³/mol. The number of carbonyl (C=O) groups excluding carboxylic acids is 1. The molecule has 1 aliphatic rings. The van der Waals surface area contributed by atoms with Gasteiger partial charge >= 0.3 is 0 Å². The highest BCUT2D eigenvalue weighted by molar-refractivity contribution is 5.81. The van der Waals surface area contributed by atoms with Crippen molar-refractivity contribution in [3.63, 3.8) is 0 Å². The number of nitrogens with zero attached hydrogens (tertiary/aromatic N) is 1. The minimum absolute atomic E-state index is 0.102. The molecular weight excluding hydrogens is 226 g/mol. The molecule has 1 aromatic carbocycles. The Morgan fingerprint density at radius 1 is 1.44 bits per heavy atom. The predicted octanol–water partition coefficient (Wildman–Crippen LogP) is 2.64. The van der Waals surface area contributed by atoms with Crippen LogP contribution in [0.1, 0.15) is 31.7 Å². The average Bonchev–Trinajstić information content (AvgIpc) is 2.39. The molecule has 0 spiro atoms. The quantitative estimate of drug-likeness (QED) is 0.819. The molecule has 18 heavy (non-hydrogen) atoms. The van der Waals surface area contributed by atoms with Crippen LogP contribution in [0.3, 0.4) is 0 Å². The van der Waals surface area contributed by atoms with Crippen molar-refractivity contribution in [2.45, 2.75) is 38.8 Å². The summed E-state index contributed by atoms with van der Waals surface area (Å²) in [6, 6.07) is 8.19. The minimum atomic E-state index is 0.102. The number of hydrogen-bond donors (Lipinski definition) is 0. The summed E-state index contributed by atoms with van der Waals surface area (Å²) in [6.45, 7) is 3.55. The van der Waals surface area contributed by atoms with E-state index in [4.69, 9.17) is 4.74 Å². The highest BCUT2D eigenvalue weighted by Crippen LogP contribution is 2.21. The molecule has 0 aliphatic carbocycles. The molecule has 1 atom stereocenters. The Hall–Kier alpha value is -1.35. The maximum atomic E-state index is 11.7. The van der Waals surface area contributed by atoms with Crippen molar-refractivity contribution >= 4 is 5.78 Å². The van der Waals surface area contributed by atoms with Crippen LogP contribution in [0.5, 0.6) is 5.75 Å². The van der Waals surface area contributed by atoms with Gasteiger partial charge in [-0.15, -0.1) is 0 Å². The number of ether oxygens (including phenoxy) is 1. The van der Waals surface area contributed by atoms with Crippen molar-refractivity contribution < 1.29 is 9.53 Å². The van der Waals surface area contributed by atoms with Gasteiger partial charge in [-0.3, -0.25) is 9.69 Å². The summed E-state index contributed by atoms with van der Waals surface area (Å²) in [7, 11) is 1.68. The van der Waals surface area contributed by atoms with E-state index in [2.05, 4.69) is 11.0 Å². The molecule has 0 N–H and O–H groups in total. The van der Waals surface area contributed by atoms with Gasteiger partial charge in [0.05, 0.1) is 13.2 Å². The zero-order valence-electron chi connectivity index (χ0n) is 11.2. The van der Waals surface area contributed by atoms with E-state index in [1.165, 1.54) is 18.4 Å². The van der Waals surface area contributed by atoms with Gasteiger partial charge < -0.3 is 4.74 Å². The molecular formula is C15H21NO2. The summed E-state index contributed by atoms with van der Waals surface area (Å²) >= 11 is 0. The van der Waals surface area contributed by atoms with Gasteiger partial charge in [0, 0.05) is 6.54 Å². The average molecular weight is 247 g/mol. The van der Waals surface area contributed by atoms with Gasteiger partial charge in [0.15, 0.2) is 0 Å². The summed E-state index contributed by atoms with van der Waals surface area (Å²) in [5.74, 6) is 1.17. The summed E-state index contributed by atoms with van der Waals surface area (Å²) < 4.78 is 5.23. The maximum absolute atomic E-state index is 11.7. The van der Waals surface area contributed by atoms with Gasteiger partial charge in [-0.1, -0.05) is 18.6 Å². The van der Waals surface area contributed by atoms with Crippen LogP contribution in [0.15, 0.2) is 24.3 Å². The van der Waals surface area contributed by atoms with Crippen LogP contribution in [0.4, 0.5) is 0 Å². The van der Waals surface area contributed by atoms with Gasteiger partial charge in [-0.05, 0) is 44.0 Å². The van der Waals surface area contributed by atoms with E-state index in [-0.39, 0.29) is 11.8 Å². The van der Waals surface area contributed by atoms with Crippen LogP contribution in [0, 0.1) is 0 Å². The van der Waals surface area contributed by atoms with E-state index >= 15 is 0 Å². The largest absolute Gasteiger partial charge is 0.497 e. The fourth-order valence-electron chi connectivity index (χ4n) is 2.65. The van der Waals surface area contributed by atoms with Gasteiger partial charge in [-0.2, -0.15) is 0 Å². The Balaban J connectivity index is 2.08. The Bertz CT molecular complexity index is 417. The number of ketones is 1. The van der Waals surface area contributed by atoms with E-state index < -0.39 is 0 Å². The van der Waals surface area contributed by atoms with E-state index in [9.17, 15) is 4.79 Å². The molecule has 1 fully saturated rings. The monoisotopic (exact) mass is 247 g/mol. The molecule has 3 nitrogen and oxygen atoms in total. The van der Waals surface area contributed by atoms with Crippen LogP contribution in [0.25, 0.3) is 0 Å². The summed E-state index contributed by atoms with van der Waals surface area (Å²) in [5.41, 5.74) is 1.21. The number of methoxy groups -OCH3 is 1. The van der Waals surface area contributed by atoms with Gasteiger partial charge in [0.25, 0.3) is 0 Å². The van der Waals surface area contributed by atoms with Crippen molar-refractivity contribution in [2.24, 2.45) is 0 Å². The van der Waals surface area contributed by atoms with E-state index in [0.717, 1.165) is 25.3 Å². The maximum Gasteiger partial charge on any atom is 0.146 e. The summed E-state index contributed by atoms with van der Waals surface area (Å²) in [6.07, 6.45) is 3.35. The third kappa shape index (κ3) is 3.10. The summed E-state index contributed by atoms with van der Waals surface area (Å²) in [5, 5.41) is 0. The first-order valence-electron chi connectivity index (χ1n) is 6.58. The van der Waals surface area contributed by atoms with E-state index in [1.54, 1.807) is 14.0 Å². The molecule has 2 rings (SSSR count). The molecule has 0 saturated carbocycles. The first kappa shape index (κ1) is 13.1. The third-order valence-corrected chi connectivity index (χ3v) is 3.60. The molecule has 0 amide bonds. The SMILES string of the molecule is COc1cccc(CN2CCCCC2C(C)=O)c1. The lowest BCUT2D eigenvalue weighted by atomic mass is 9.98. The number of Topliss-reactive ketones (excluding diaryl/α,β-unsaturated/α-hetero) is 1. The molecule has 1 heterocycles. The fourth-order valence-corrected chi connectivity index (χ4v) is 2.65. The molecule has 1 saturated heterocycles. The standard InChI is InChI=1S/C15H21NO2/c1-12(17)15-8-3-4-9-16(15)11-13-6-5-7-14(10-13)18-2/h5-7,10,15H,3-4,8-9,11H2,1-2H3. The third-order valence-electron chi connectivity index (χ3n) is 3.60. The van der Waals surface area contributed by atoms with Crippen molar-refractivity contribution in [1.29, 1.82) is 0 Å². The molecule has 1 unspecified atom stereocenters. The van der Waals surface area contributed by atoms with Crippen LogP contribution in [-0.4, -0.2) is 30.4 Å². The molecule has 1 aliphatic heterocycles. The smallest absolute Gasteiger partial charge is 0.146 e. The van der Waals surface area contributed by atoms with Crippen molar-refractivity contribution in [1.82, 2.24) is 4.90 Å². The fraction of sp³-hybridized carbons (Fsp3) is 0.533. The van der Waals surface area contributed by atoms with Gasteiger partial charge in [-0.25, -0.2) is 0 Å². The highest BCUT2D eigenvalue weighted by Gasteiger charge is 2.25. The Labute approximate surface area is 109 Å². The number of rotatable bonds is 4. The number of carbonyl (C=O) groups is 1. The van der Waals surface area contributed by atoms with Crippen molar-refractivity contribution in [3.8, 4) is 5.75 Å². The highest BCUT2D eigenvalue weighted by atomic mass is 16.5. The molecule has 3 heteroatoms.